The molecule has 3 nitrogen and oxygen atoms in total. The maximum Gasteiger partial charge on any atom is 0.182 e. The lowest BCUT2D eigenvalue weighted by atomic mass is 9.89. The lowest BCUT2D eigenvalue weighted by Crippen LogP contribution is -2.41. The molecule has 0 aromatic carbocycles. The summed E-state index contributed by atoms with van der Waals surface area (Å²) in [7, 11) is 0. The van der Waals surface area contributed by atoms with Crippen LogP contribution < -0.4 is 16.6 Å². The monoisotopic (exact) mass is 225 g/mol. The normalized spacial score (nSPS) is 26.4. The standard InChI is InChI=1S/C11H19N3S/c12-11(15)14-13-10-7-3-6-9(10)8-4-1-2-5-8/h7-9,13H,1-6H2,(H3,12,14,15). The lowest BCUT2D eigenvalue weighted by Gasteiger charge is -2.22. The maximum atomic E-state index is 5.40. The molecule has 1 atom stereocenters. The van der Waals surface area contributed by atoms with E-state index in [0.29, 0.717) is 11.0 Å². The second-order valence-corrected chi connectivity index (χ2v) is 4.94. The van der Waals surface area contributed by atoms with Gasteiger partial charge in [0.25, 0.3) is 0 Å². The average molecular weight is 225 g/mol. The molecule has 15 heavy (non-hydrogen) atoms. The Morgan fingerprint density at radius 2 is 2.07 bits per heavy atom. The van der Waals surface area contributed by atoms with Gasteiger partial charge in [0.15, 0.2) is 5.11 Å². The first-order valence-electron chi connectivity index (χ1n) is 5.79. The van der Waals surface area contributed by atoms with Crippen LogP contribution in [0.1, 0.15) is 38.5 Å². The minimum Gasteiger partial charge on any atom is -0.375 e. The van der Waals surface area contributed by atoms with Crippen molar-refractivity contribution in [2.24, 2.45) is 17.6 Å². The summed E-state index contributed by atoms with van der Waals surface area (Å²) in [6, 6.07) is 0. The van der Waals surface area contributed by atoms with Crippen LogP contribution in [-0.4, -0.2) is 5.11 Å². The molecule has 4 N–H and O–H groups in total. The van der Waals surface area contributed by atoms with E-state index >= 15 is 0 Å². The van der Waals surface area contributed by atoms with Crippen molar-refractivity contribution in [3.8, 4) is 0 Å². The number of thiocarbonyl (C=S) groups is 1. The second-order valence-electron chi connectivity index (χ2n) is 4.50. The summed E-state index contributed by atoms with van der Waals surface area (Å²) >= 11 is 4.78. The first kappa shape index (κ1) is 10.7. The van der Waals surface area contributed by atoms with Gasteiger partial charge in [0, 0.05) is 11.6 Å². The fourth-order valence-corrected chi connectivity index (χ4v) is 2.90. The van der Waals surface area contributed by atoms with Crippen LogP contribution in [0.15, 0.2) is 11.8 Å². The van der Waals surface area contributed by atoms with Crippen molar-refractivity contribution in [3.63, 3.8) is 0 Å². The smallest absolute Gasteiger partial charge is 0.182 e. The SMILES string of the molecule is NC(=S)NNC1=CCCC1C1CCCC1. The number of allylic oxidation sites excluding steroid dienone is 2. The molecule has 2 aliphatic carbocycles. The van der Waals surface area contributed by atoms with E-state index in [1.807, 2.05) is 0 Å². The maximum absolute atomic E-state index is 5.40. The number of hydrazine groups is 1. The highest BCUT2D eigenvalue weighted by Crippen LogP contribution is 2.39. The lowest BCUT2D eigenvalue weighted by molar-refractivity contribution is 0.366. The second kappa shape index (κ2) is 4.84. The molecule has 0 aromatic heterocycles. The average Bonchev–Trinajstić information content (AvgIpc) is 2.85. The zero-order valence-electron chi connectivity index (χ0n) is 8.96. The third-order valence-electron chi connectivity index (χ3n) is 3.54. The van der Waals surface area contributed by atoms with E-state index in [1.165, 1.54) is 44.2 Å². The molecule has 0 aliphatic heterocycles. The third kappa shape index (κ3) is 2.62. The van der Waals surface area contributed by atoms with Gasteiger partial charge in [0.05, 0.1) is 0 Å². The van der Waals surface area contributed by atoms with E-state index in [-0.39, 0.29) is 0 Å². The van der Waals surface area contributed by atoms with Crippen molar-refractivity contribution < 1.29 is 0 Å². The van der Waals surface area contributed by atoms with Crippen molar-refractivity contribution >= 4 is 17.3 Å². The van der Waals surface area contributed by atoms with Gasteiger partial charge in [-0.25, -0.2) is 0 Å². The Hall–Kier alpha value is -0.770. The summed E-state index contributed by atoms with van der Waals surface area (Å²) in [5.74, 6) is 1.58. The summed E-state index contributed by atoms with van der Waals surface area (Å²) in [5.41, 5.74) is 12.7. The molecule has 1 saturated carbocycles. The van der Waals surface area contributed by atoms with E-state index in [1.54, 1.807) is 0 Å². The van der Waals surface area contributed by atoms with Crippen molar-refractivity contribution in [3.05, 3.63) is 11.8 Å². The van der Waals surface area contributed by atoms with Gasteiger partial charge in [-0.2, -0.15) is 0 Å². The number of hydrogen-bond acceptors (Lipinski definition) is 2. The third-order valence-corrected chi connectivity index (χ3v) is 3.64. The molecule has 1 fully saturated rings. The van der Waals surface area contributed by atoms with Gasteiger partial charge < -0.3 is 11.2 Å². The fourth-order valence-electron chi connectivity index (χ4n) is 2.85. The van der Waals surface area contributed by atoms with Crippen molar-refractivity contribution in [1.82, 2.24) is 10.9 Å². The Labute approximate surface area is 96.5 Å². The highest BCUT2D eigenvalue weighted by atomic mass is 32.1. The first-order valence-corrected chi connectivity index (χ1v) is 6.19. The molecular weight excluding hydrogens is 206 g/mol. The van der Waals surface area contributed by atoms with Gasteiger partial charge in [0.2, 0.25) is 0 Å². The topological polar surface area (TPSA) is 50.1 Å². The Kier molecular flexibility index (Phi) is 3.46. The Bertz CT molecular complexity index is 269. The van der Waals surface area contributed by atoms with Crippen LogP contribution >= 0.6 is 12.2 Å². The molecule has 1 unspecified atom stereocenters. The largest absolute Gasteiger partial charge is 0.375 e. The molecule has 4 heteroatoms. The van der Waals surface area contributed by atoms with Gasteiger partial charge in [-0.1, -0.05) is 18.9 Å². The summed E-state index contributed by atoms with van der Waals surface area (Å²) in [6.45, 7) is 0. The molecule has 2 rings (SSSR count). The van der Waals surface area contributed by atoms with Crippen LogP contribution in [0.2, 0.25) is 0 Å². The first-order chi connectivity index (χ1) is 7.27. The van der Waals surface area contributed by atoms with Gasteiger partial charge in [-0.05, 0) is 43.8 Å². The molecule has 0 radical (unpaired) electrons. The summed E-state index contributed by atoms with van der Waals surface area (Å²) in [6.07, 6.45) is 10.3. The zero-order chi connectivity index (χ0) is 10.7. The van der Waals surface area contributed by atoms with Crippen molar-refractivity contribution in [1.29, 1.82) is 0 Å². The molecule has 0 bridgehead atoms. The van der Waals surface area contributed by atoms with Gasteiger partial charge in [-0.15, -0.1) is 0 Å². The summed E-state index contributed by atoms with van der Waals surface area (Å²) in [5, 5.41) is 0.313. The van der Waals surface area contributed by atoms with Crippen LogP contribution in [0, 0.1) is 11.8 Å². The minimum atomic E-state index is 0.313. The fraction of sp³-hybridized carbons (Fsp3) is 0.727. The number of nitrogens with one attached hydrogen (secondary N) is 2. The van der Waals surface area contributed by atoms with Crippen LogP contribution in [0.4, 0.5) is 0 Å². The predicted octanol–water partition coefficient (Wildman–Crippen LogP) is 1.81. The van der Waals surface area contributed by atoms with Gasteiger partial charge in [0.1, 0.15) is 0 Å². The molecular formula is C11H19N3S. The van der Waals surface area contributed by atoms with Crippen LogP contribution in [-0.2, 0) is 0 Å². The summed E-state index contributed by atoms with van der Waals surface area (Å²) < 4.78 is 0. The molecule has 84 valence electrons. The van der Waals surface area contributed by atoms with Gasteiger partial charge >= 0.3 is 0 Å². The van der Waals surface area contributed by atoms with Crippen molar-refractivity contribution in [2.75, 3.05) is 0 Å². The molecule has 0 aromatic rings. The molecule has 0 heterocycles. The van der Waals surface area contributed by atoms with E-state index in [2.05, 4.69) is 16.9 Å². The van der Waals surface area contributed by atoms with Crippen LogP contribution in [0.3, 0.4) is 0 Å². The number of nitrogens with two attached hydrogens (primary N) is 1. The van der Waals surface area contributed by atoms with Gasteiger partial charge in [-0.3, -0.25) is 5.43 Å². The van der Waals surface area contributed by atoms with Crippen LogP contribution in [0.25, 0.3) is 0 Å². The number of rotatable bonds is 3. The Morgan fingerprint density at radius 1 is 1.33 bits per heavy atom. The molecule has 0 amide bonds. The van der Waals surface area contributed by atoms with Crippen LogP contribution in [0.5, 0.6) is 0 Å². The highest BCUT2D eigenvalue weighted by molar-refractivity contribution is 7.80. The Morgan fingerprint density at radius 3 is 2.73 bits per heavy atom. The van der Waals surface area contributed by atoms with E-state index in [0.717, 1.165) is 5.92 Å². The minimum absolute atomic E-state index is 0.313. The predicted molar refractivity (Wildman–Crippen MR) is 65.8 cm³/mol. The molecule has 0 spiro atoms. The molecule has 2 aliphatic rings. The summed E-state index contributed by atoms with van der Waals surface area (Å²) in [4.78, 5) is 0. The Balaban J connectivity index is 1.89. The number of hydrogen-bond donors (Lipinski definition) is 3. The zero-order valence-corrected chi connectivity index (χ0v) is 9.78. The highest BCUT2D eigenvalue weighted by Gasteiger charge is 2.30. The van der Waals surface area contributed by atoms with E-state index in [4.69, 9.17) is 18.0 Å². The van der Waals surface area contributed by atoms with Crippen molar-refractivity contribution in [2.45, 2.75) is 38.5 Å². The van der Waals surface area contributed by atoms with E-state index < -0.39 is 0 Å². The quantitative estimate of drug-likeness (QED) is 0.506. The van der Waals surface area contributed by atoms with E-state index in [9.17, 15) is 0 Å². The molecule has 0 saturated heterocycles.